The first-order chi connectivity index (χ1) is 14.1. The maximum atomic E-state index is 13.6. The Balaban J connectivity index is 1.55. The average molecular weight is 426 g/mol. The van der Waals surface area contributed by atoms with Crippen molar-refractivity contribution in [1.29, 1.82) is 0 Å². The second-order valence-electron chi connectivity index (χ2n) is 8.60. The molecule has 0 unspecified atom stereocenters. The summed E-state index contributed by atoms with van der Waals surface area (Å²) in [5, 5.41) is 0. The normalized spacial score (nSPS) is 28.9. The molecule has 4 rings (SSSR count). The van der Waals surface area contributed by atoms with Crippen molar-refractivity contribution in [3.05, 3.63) is 29.1 Å². The van der Waals surface area contributed by atoms with Crippen molar-refractivity contribution in [3.63, 3.8) is 0 Å². The van der Waals surface area contributed by atoms with Gasteiger partial charge in [0.15, 0.2) is 0 Å². The molecule has 1 aromatic heterocycles. The molecule has 1 saturated heterocycles. The molecule has 3 aliphatic rings. The second kappa shape index (κ2) is 7.49. The number of esters is 1. The van der Waals surface area contributed by atoms with Gasteiger partial charge in [0.05, 0.1) is 24.6 Å². The lowest BCUT2D eigenvalue weighted by molar-refractivity contribution is -0.145. The predicted octanol–water partition coefficient (Wildman–Crippen LogP) is 1.20. The van der Waals surface area contributed by atoms with Crippen LogP contribution in [0.25, 0.3) is 0 Å². The van der Waals surface area contributed by atoms with Crippen LogP contribution in [0.4, 0.5) is 13.2 Å². The predicted molar refractivity (Wildman–Crippen MR) is 99.9 cm³/mol. The SMILES string of the molecule is COC(=O)CN1C[C@@H]2C[C@@H](N)C[C@]2(C(=O)N2CCc3ncc(C(F)(F)F)cc3C2)C1. The highest BCUT2D eigenvalue weighted by Crippen LogP contribution is 2.49. The molecule has 3 atom stereocenters. The summed E-state index contributed by atoms with van der Waals surface area (Å²) in [6.45, 7) is 1.61. The third-order valence-electron chi connectivity index (χ3n) is 6.64. The van der Waals surface area contributed by atoms with E-state index in [2.05, 4.69) is 4.98 Å². The smallest absolute Gasteiger partial charge is 0.417 e. The zero-order valence-corrected chi connectivity index (χ0v) is 16.7. The van der Waals surface area contributed by atoms with Gasteiger partial charge in [-0.1, -0.05) is 0 Å². The number of ether oxygens (including phenoxy) is 1. The van der Waals surface area contributed by atoms with Gasteiger partial charge in [-0.25, -0.2) is 0 Å². The number of methoxy groups -OCH3 is 1. The number of fused-ring (bicyclic) bond motifs is 2. The third-order valence-corrected chi connectivity index (χ3v) is 6.64. The largest absolute Gasteiger partial charge is 0.468 e. The first-order valence-electron chi connectivity index (χ1n) is 10.0. The molecule has 0 bridgehead atoms. The van der Waals surface area contributed by atoms with Crippen molar-refractivity contribution >= 4 is 11.9 Å². The number of alkyl halides is 3. The first kappa shape index (κ1) is 21.0. The highest BCUT2D eigenvalue weighted by atomic mass is 19.4. The number of pyridine rings is 1. The van der Waals surface area contributed by atoms with Gasteiger partial charge >= 0.3 is 12.1 Å². The summed E-state index contributed by atoms with van der Waals surface area (Å²) in [6.07, 6.45) is -2.01. The Bertz CT molecular complexity index is 862. The number of likely N-dealkylation sites (tertiary alicyclic amines) is 1. The molecule has 10 heteroatoms. The monoisotopic (exact) mass is 426 g/mol. The number of hydrogen-bond donors (Lipinski definition) is 1. The number of carbonyl (C=O) groups excluding carboxylic acids is 2. The molecule has 3 heterocycles. The minimum absolute atomic E-state index is 0.0192. The molecular formula is C20H25F3N4O3. The lowest BCUT2D eigenvalue weighted by atomic mass is 9.78. The molecule has 30 heavy (non-hydrogen) atoms. The number of halogens is 3. The van der Waals surface area contributed by atoms with Crippen LogP contribution < -0.4 is 5.73 Å². The number of rotatable bonds is 3. The molecule has 2 aliphatic heterocycles. The highest BCUT2D eigenvalue weighted by molar-refractivity contribution is 5.85. The summed E-state index contributed by atoms with van der Waals surface area (Å²) in [5.74, 6) is -0.430. The Morgan fingerprint density at radius 2 is 2.17 bits per heavy atom. The number of nitrogens with two attached hydrogens (primary N) is 1. The fourth-order valence-electron chi connectivity index (χ4n) is 5.29. The van der Waals surface area contributed by atoms with E-state index < -0.39 is 17.2 Å². The Labute approximate surface area is 172 Å². The molecule has 2 N–H and O–H groups in total. The van der Waals surface area contributed by atoms with Crippen LogP contribution in [0.15, 0.2) is 12.3 Å². The van der Waals surface area contributed by atoms with Gasteiger partial charge in [-0.15, -0.1) is 0 Å². The van der Waals surface area contributed by atoms with E-state index in [4.69, 9.17) is 10.5 Å². The highest BCUT2D eigenvalue weighted by Gasteiger charge is 2.58. The van der Waals surface area contributed by atoms with Crippen LogP contribution in [0.3, 0.4) is 0 Å². The van der Waals surface area contributed by atoms with E-state index in [0.29, 0.717) is 50.2 Å². The van der Waals surface area contributed by atoms with Crippen LogP contribution in [-0.4, -0.2) is 66.0 Å². The standard InChI is InChI=1S/C20H25F3N4O3/c1-30-17(28)10-26-9-14-5-15(24)6-19(14,11-26)18(29)27-3-2-16-12(8-27)4-13(7-25-16)20(21,22)23/h4,7,14-15H,2-3,5-6,8-11,24H2,1H3/t14-,15+,19-/m0/s1. The zero-order valence-electron chi connectivity index (χ0n) is 16.7. The van der Waals surface area contributed by atoms with E-state index in [1.54, 1.807) is 4.90 Å². The molecule has 1 aliphatic carbocycles. The van der Waals surface area contributed by atoms with E-state index in [1.807, 2.05) is 4.90 Å². The molecule has 164 valence electrons. The van der Waals surface area contributed by atoms with Crippen LogP contribution in [0.5, 0.6) is 0 Å². The van der Waals surface area contributed by atoms with Crippen LogP contribution in [0.1, 0.15) is 29.7 Å². The summed E-state index contributed by atoms with van der Waals surface area (Å²) >= 11 is 0. The van der Waals surface area contributed by atoms with Gasteiger partial charge in [-0.2, -0.15) is 13.2 Å². The summed E-state index contributed by atoms with van der Waals surface area (Å²) in [5.41, 5.74) is 5.70. The van der Waals surface area contributed by atoms with Crippen LogP contribution in [0.2, 0.25) is 0 Å². The van der Waals surface area contributed by atoms with Crippen molar-refractivity contribution in [2.24, 2.45) is 17.1 Å². The number of aromatic nitrogens is 1. The van der Waals surface area contributed by atoms with Gasteiger partial charge in [0.1, 0.15) is 0 Å². The lowest BCUT2D eigenvalue weighted by Gasteiger charge is -2.37. The Hall–Kier alpha value is -2.20. The number of amides is 1. The van der Waals surface area contributed by atoms with Crippen LogP contribution >= 0.6 is 0 Å². The van der Waals surface area contributed by atoms with E-state index in [0.717, 1.165) is 12.3 Å². The fraction of sp³-hybridized carbons (Fsp3) is 0.650. The van der Waals surface area contributed by atoms with Crippen molar-refractivity contribution in [1.82, 2.24) is 14.8 Å². The van der Waals surface area contributed by atoms with Crippen molar-refractivity contribution in [2.75, 3.05) is 33.3 Å². The number of hydrogen-bond acceptors (Lipinski definition) is 6. The van der Waals surface area contributed by atoms with E-state index in [9.17, 15) is 22.8 Å². The van der Waals surface area contributed by atoms with Gasteiger partial charge in [0, 0.05) is 50.5 Å². The van der Waals surface area contributed by atoms with Crippen molar-refractivity contribution in [2.45, 2.75) is 38.0 Å². The molecule has 0 spiro atoms. The topological polar surface area (TPSA) is 88.8 Å². The molecular weight excluding hydrogens is 401 g/mol. The van der Waals surface area contributed by atoms with Gasteiger partial charge in [0.2, 0.25) is 5.91 Å². The van der Waals surface area contributed by atoms with E-state index in [-0.39, 0.29) is 36.9 Å². The maximum absolute atomic E-state index is 13.6. The zero-order chi connectivity index (χ0) is 21.7. The number of carbonyl (C=O) groups is 2. The quantitative estimate of drug-likeness (QED) is 0.731. The minimum atomic E-state index is -4.48. The Morgan fingerprint density at radius 3 is 2.87 bits per heavy atom. The summed E-state index contributed by atoms with van der Waals surface area (Å²) < 4.78 is 44.0. The molecule has 0 aromatic carbocycles. The van der Waals surface area contributed by atoms with Gasteiger partial charge in [-0.05, 0) is 30.4 Å². The third kappa shape index (κ3) is 3.66. The second-order valence-corrected chi connectivity index (χ2v) is 8.60. The van der Waals surface area contributed by atoms with E-state index >= 15 is 0 Å². The molecule has 1 amide bonds. The molecule has 1 aromatic rings. The summed E-state index contributed by atoms with van der Waals surface area (Å²) in [4.78, 5) is 32.8. The van der Waals surface area contributed by atoms with Crippen molar-refractivity contribution in [3.8, 4) is 0 Å². The van der Waals surface area contributed by atoms with Crippen LogP contribution in [0, 0.1) is 11.3 Å². The molecule has 0 radical (unpaired) electrons. The van der Waals surface area contributed by atoms with Gasteiger partial charge < -0.3 is 15.4 Å². The van der Waals surface area contributed by atoms with E-state index in [1.165, 1.54) is 7.11 Å². The molecule has 1 saturated carbocycles. The van der Waals surface area contributed by atoms with Crippen molar-refractivity contribution < 1.29 is 27.5 Å². The minimum Gasteiger partial charge on any atom is -0.468 e. The molecule has 7 nitrogen and oxygen atoms in total. The fourth-order valence-corrected chi connectivity index (χ4v) is 5.29. The lowest BCUT2D eigenvalue weighted by Crippen LogP contribution is -2.49. The van der Waals surface area contributed by atoms with Gasteiger partial charge in [-0.3, -0.25) is 19.5 Å². The molecule has 2 fully saturated rings. The summed E-state index contributed by atoms with van der Waals surface area (Å²) in [6, 6.07) is 0.991. The average Bonchev–Trinajstić information content (AvgIpc) is 3.18. The van der Waals surface area contributed by atoms with Gasteiger partial charge in [0.25, 0.3) is 0 Å². The first-order valence-corrected chi connectivity index (χ1v) is 10.0. The summed E-state index contributed by atoms with van der Waals surface area (Å²) in [7, 11) is 1.32. The maximum Gasteiger partial charge on any atom is 0.417 e. The Morgan fingerprint density at radius 1 is 1.40 bits per heavy atom. The Kier molecular flexibility index (Phi) is 5.26. The van der Waals surface area contributed by atoms with Crippen LogP contribution in [-0.2, 0) is 33.5 Å². The number of nitrogens with zero attached hydrogens (tertiary/aromatic N) is 3.